The van der Waals surface area contributed by atoms with Gasteiger partial charge in [0.15, 0.2) is 0 Å². The van der Waals surface area contributed by atoms with E-state index in [0.717, 1.165) is 6.54 Å². The number of hydrogen-bond acceptors (Lipinski definition) is 1. The first-order chi connectivity index (χ1) is 29.2. The van der Waals surface area contributed by atoms with Crippen LogP contribution in [0.5, 0.6) is 0 Å². The summed E-state index contributed by atoms with van der Waals surface area (Å²) in [6, 6.07) is 74.0. The molecule has 1 aliphatic rings. The maximum Gasteiger partial charge on any atom is 0.0538 e. The molecule has 12 rings (SSSR count). The number of fused-ring (bicyclic) bond motifs is 7. The third kappa shape index (κ3) is 5.49. The van der Waals surface area contributed by atoms with Gasteiger partial charge in [-0.05, 0) is 142 Å². The summed E-state index contributed by atoms with van der Waals surface area (Å²) in [5.41, 5.74) is 14.8. The number of rotatable bonds is 5. The van der Waals surface area contributed by atoms with Crippen molar-refractivity contribution in [3.05, 3.63) is 218 Å². The Morgan fingerprint density at radius 2 is 0.847 bits per heavy atom. The predicted molar refractivity (Wildman–Crippen MR) is 251 cm³/mol. The highest BCUT2D eigenvalue weighted by molar-refractivity contribution is 6.22. The largest absolute Gasteiger partial charge is 0.387 e. The van der Waals surface area contributed by atoms with Crippen molar-refractivity contribution in [2.45, 2.75) is 6.54 Å². The molecule has 0 unspecified atom stereocenters. The van der Waals surface area contributed by atoms with Crippen LogP contribution in [-0.2, 0) is 6.54 Å². The van der Waals surface area contributed by atoms with Gasteiger partial charge in [-0.25, -0.2) is 0 Å². The number of aromatic nitrogens is 1. The van der Waals surface area contributed by atoms with Crippen molar-refractivity contribution in [3.63, 3.8) is 0 Å². The Morgan fingerprint density at radius 1 is 0.356 bits per heavy atom. The molecule has 2 heteroatoms. The van der Waals surface area contributed by atoms with Crippen LogP contribution in [0.1, 0.15) is 11.3 Å². The first kappa shape index (κ1) is 33.5. The predicted octanol–water partition coefficient (Wildman–Crippen LogP) is 15.0. The standard InChI is InChI=1S/C57H38N2/c1-2-14-47(15-3-1)59-54-29-27-44(34-51(54)53-36-58-31-30-55(53)59)40-20-18-39(19-21-40)43-26-28-50-52(35-43)57(46-25-23-38-11-5-7-13-42(38)33-46)49-17-9-8-16-48(49)56(50)45-24-22-37-10-4-6-12-41(37)32-45/h1-35,58H,36H2. The Labute approximate surface area is 342 Å². The van der Waals surface area contributed by atoms with E-state index in [-0.39, 0.29) is 0 Å². The Bertz CT molecular complexity index is 3480. The van der Waals surface area contributed by atoms with Gasteiger partial charge in [0.05, 0.1) is 11.2 Å². The summed E-state index contributed by atoms with van der Waals surface area (Å²) in [6.45, 7) is 0.811. The fourth-order valence-corrected chi connectivity index (χ4v) is 9.59. The molecule has 0 fully saturated rings. The van der Waals surface area contributed by atoms with Crippen molar-refractivity contribution in [2.24, 2.45) is 0 Å². The first-order valence-corrected chi connectivity index (χ1v) is 20.5. The smallest absolute Gasteiger partial charge is 0.0538 e. The lowest BCUT2D eigenvalue weighted by Crippen LogP contribution is -2.10. The number of nitrogens with zero attached hydrogens (tertiary/aromatic N) is 1. The van der Waals surface area contributed by atoms with Crippen molar-refractivity contribution in [3.8, 4) is 50.2 Å². The molecule has 0 aliphatic carbocycles. The molecule has 0 radical (unpaired) electrons. The van der Waals surface area contributed by atoms with Gasteiger partial charge in [-0.1, -0.05) is 158 Å². The zero-order valence-corrected chi connectivity index (χ0v) is 32.4. The molecule has 11 aromatic rings. The first-order valence-electron chi connectivity index (χ1n) is 20.5. The van der Waals surface area contributed by atoms with Crippen molar-refractivity contribution >= 4 is 60.1 Å². The summed E-state index contributed by atoms with van der Waals surface area (Å²) in [4.78, 5) is 0. The number of nitrogens with one attached hydrogen (secondary N) is 1. The maximum absolute atomic E-state index is 3.45. The SMILES string of the molecule is C1=Cc2c(c3cc(-c4ccc(-c5ccc6c(-c7ccc8ccccc8c7)c7ccccc7c(-c7ccc8ccccc8c7)c6c5)cc4)ccc3n2-c2ccccc2)CN1. The molecule has 0 saturated carbocycles. The molecule has 0 atom stereocenters. The number of para-hydroxylation sites is 1. The molecule has 2 nitrogen and oxygen atoms in total. The van der Waals surface area contributed by atoms with Crippen molar-refractivity contribution in [2.75, 3.05) is 0 Å². The summed E-state index contributed by atoms with van der Waals surface area (Å²) in [5, 5.41) is 14.8. The van der Waals surface area contributed by atoms with E-state index in [0.29, 0.717) is 0 Å². The molecule has 276 valence electrons. The van der Waals surface area contributed by atoms with Crippen LogP contribution < -0.4 is 5.32 Å². The van der Waals surface area contributed by atoms with Crippen molar-refractivity contribution in [1.29, 1.82) is 0 Å². The topological polar surface area (TPSA) is 17.0 Å². The Morgan fingerprint density at radius 3 is 1.49 bits per heavy atom. The summed E-state index contributed by atoms with van der Waals surface area (Å²) in [7, 11) is 0. The fraction of sp³-hybridized carbons (Fsp3) is 0.0175. The van der Waals surface area contributed by atoms with Gasteiger partial charge in [0.2, 0.25) is 0 Å². The fourth-order valence-electron chi connectivity index (χ4n) is 9.59. The summed E-state index contributed by atoms with van der Waals surface area (Å²) in [6.07, 6.45) is 4.26. The molecule has 10 aromatic carbocycles. The van der Waals surface area contributed by atoms with Crippen LogP contribution in [0.3, 0.4) is 0 Å². The van der Waals surface area contributed by atoms with E-state index in [4.69, 9.17) is 0 Å². The minimum absolute atomic E-state index is 0.811. The minimum Gasteiger partial charge on any atom is -0.387 e. The molecule has 1 aliphatic heterocycles. The second-order valence-electron chi connectivity index (χ2n) is 15.7. The van der Waals surface area contributed by atoms with Crippen LogP contribution in [0.15, 0.2) is 206 Å². The number of benzene rings is 10. The molecule has 59 heavy (non-hydrogen) atoms. The third-order valence-electron chi connectivity index (χ3n) is 12.4. The van der Waals surface area contributed by atoms with Gasteiger partial charge in [0, 0.05) is 23.2 Å². The molecule has 0 spiro atoms. The molecule has 1 aromatic heterocycles. The Hall–Kier alpha value is -7.68. The summed E-state index contributed by atoms with van der Waals surface area (Å²) in [5.74, 6) is 0. The van der Waals surface area contributed by atoms with Gasteiger partial charge in [0.1, 0.15) is 0 Å². The van der Waals surface area contributed by atoms with E-state index in [2.05, 4.69) is 222 Å². The normalized spacial score (nSPS) is 12.4. The van der Waals surface area contributed by atoms with Crippen molar-refractivity contribution in [1.82, 2.24) is 9.88 Å². The monoisotopic (exact) mass is 750 g/mol. The lowest BCUT2D eigenvalue weighted by Gasteiger charge is -2.19. The Kier molecular flexibility index (Phi) is 7.64. The number of hydrogen-bond donors (Lipinski definition) is 1. The lowest BCUT2D eigenvalue weighted by atomic mass is 9.84. The molecule has 0 saturated heterocycles. The molecule has 1 N–H and O–H groups in total. The van der Waals surface area contributed by atoms with Crippen LogP contribution >= 0.6 is 0 Å². The molecule has 2 heterocycles. The highest BCUT2D eigenvalue weighted by Crippen LogP contribution is 2.46. The average Bonchev–Trinajstić information content (AvgIpc) is 3.64. The van der Waals surface area contributed by atoms with Crippen LogP contribution in [0.25, 0.3) is 110 Å². The van der Waals surface area contributed by atoms with Crippen LogP contribution in [-0.4, -0.2) is 4.57 Å². The van der Waals surface area contributed by atoms with Crippen LogP contribution in [0.2, 0.25) is 0 Å². The van der Waals surface area contributed by atoms with E-state index >= 15 is 0 Å². The highest BCUT2D eigenvalue weighted by atomic mass is 15.0. The average molecular weight is 751 g/mol. The van der Waals surface area contributed by atoms with E-state index in [9.17, 15) is 0 Å². The zero-order valence-electron chi connectivity index (χ0n) is 32.4. The Balaban J connectivity index is 1.02. The van der Waals surface area contributed by atoms with Crippen molar-refractivity contribution < 1.29 is 0 Å². The zero-order chi connectivity index (χ0) is 38.9. The van der Waals surface area contributed by atoms with Gasteiger partial charge in [0.25, 0.3) is 0 Å². The van der Waals surface area contributed by atoms with E-state index in [1.807, 2.05) is 0 Å². The van der Waals surface area contributed by atoms with Gasteiger partial charge >= 0.3 is 0 Å². The lowest BCUT2D eigenvalue weighted by molar-refractivity contribution is 0.855. The van der Waals surface area contributed by atoms with Gasteiger partial charge in [-0.15, -0.1) is 0 Å². The van der Waals surface area contributed by atoms with Gasteiger partial charge < -0.3 is 9.88 Å². The molecular weight excluding hydrogens is 713 g/mol. The molecule has 0 amide bonds. The third-order valence-corrected chi connectivity index (χ3v) is 12.4. The van der Waals surface area contributed by atoms with Crippen LogP contribution in [0, 0.1) is 0 Å². The summed E-state index contributed by atoms with van der Waals surface area (Å²) >= 11 is 0. The van der Waals surface area contributed by atoms with Gasteiger partial charge in [-0.3, -0.25) is 0 Å². The molecular formula is C57H38N2. The molecule has 0 bridgehead atoms. The quantitative estimate of drug-likeness (QED) is 0.173. The van der Waals surface area contributed by atoms with Crippen LogP contribution in [0.4, 0.5) is 0 Å². The minimum atomic E-state index is 0.811. The highest BCUT2D eigenvalue weighted by Gasteiger charge is 2.20. The second kappa shape index (κ2) is 13.5. The maximum atomic E-state index is 3.45. The van der Waals surface area contributed by atoms with E-state index in [1.165, 1.54) is 115 Å². The van der Waals surface area contributed by atoms with Gasteiger partial charge in [-0.2, -0.15) is 0 Å². The van der Waals surface area contributed by atoms with E-state index in [1.54, 1.807) is 0 Å². The van der Waals surface area contributed by atoms with E-state index < -0.39 is 0 Å². The second-order valence-corrected chi connectivity index (χ2v) is 15.7. The summed E-state index contributed by atoms with van der Waals surface area (Å²) < 4.78 is 2.38.